The first-order chi connectivity index (χ1) is 10.5. The predicted octanol–water partition coefficient (Wildman–Crippen LogP) is -2.79. The van der Waals surface area contributed by atoms with Gasteiger partial charge in [0.05, 0.1) is 18.1 Å². The van der Waals surface area contributed by atoms with Crippen molar-refractivity contribution in [3.8, 4) is 0 Å². The van der Waals surface area contributed by atoms with Crippen LogP contribution in [0.25, 0.3) is 0 Å². The van der Waals surface area contributed by atoms with Crippen molar-refractivity contribution in [3.63, 3.8) is 0 Å². The number of nitrogens with zero attached hydrogens (tertiary/aromatic N) is 1. The third kappa shape index (κ3) is 3.74. The molecule has 0 saturated carbocycles. The van der Waals surface area contributed by atoms with E-state index in [9.17, 15) is 8.42 Å². The molecule has 0 aliphatic carbocycles. The molecule has 23 heavy (non-hydrogen) atoms. The van der Waals surface area contributed by atoms with Crippen molar-refractivity contribution >= 4 is 27.1 Å². The van der Waals surface area contributed by atoms with Gasteiger partial charge in [0.1, 0.15) is 5.69 Å². The van der Waals surface area contributed by atoms with E-state index in [0.717, 1.165) is 22.8 Å². The molecular weight excluding hydrogens is 338 g/mol. The molecule has 8 heteroatoms. The van der Waals surface area contributed by atoms with Crippen LogP contribution in [0.3, 0.4) is 0 Å². The van der Waals surface area contributed by atoms with Gasteiger partial charge in [-0.1, -0.05) is 0 Å². The molecule has 2 aliphatic rings. The fraction of sp³-hybridized carbons (Fsp3) is 0.400. The van der Waals surface area contributed by atoms with Crippen molar-refractivity contribution in [1.82, 2.24) is 4.31 Å². The van der Waals surface area contributed by atoms with Crippen molar-refractivity contribution in [1.29, 1.82) is 0 Å². The van der Waals surface area contributed by atoms with E-state index < -0.39 is 10.0 Å². The summed E-state index contributed by atoms with van der Waals surface area (Å²) in [7, 11) is -3.48. The van der Waals surface area contributed by atoms with Gasteiger partial charge in [-0.25, -0.2) is 13.4 Å². The SMILES string of the molecule is CC1=CC(C)=[NH+]c2ccc(S(=O)(=O)N3CCOCC3)cc2N1.[Cl-]. The maximum Gasteiger partial charge on any atom is 0.243 e. The summed E-state index contributed by atoms with van der Waals surface area (Å²) in [6.45, 7) is 5.61. The standard InChI is InChI=1S/C15H19N3O3S.ClH/c1-11-9-12(2)17-15-10-13(3-4-14(15)16-11)22(19,20)18-5-7-21-8-6-18;/h3-4,9-10,17H,5-8H2,1-2H3;1H. The molecule has 1 aromatic rings. The fourth-order valence-corrected chi connectivity index (χ4v) is 4.09. The Morgan fingerprint density at radius 3 is 2.61 bits per heavy atom. The van der Waals surface area contributed by atoms with E-state index in [1.807, 2.05) is 19.9 Å². The lowest BCUT2D eigenvalue weighted by molar-refractivity contribution is -0.351. The molecule has 2 heterocycles. The van der Waals surface area contributed by atoms with Crippen molar-refractivity contribution in [2.24, 2.45) is 0 Å². The number of sulfonamides is 1. The molecule has 0 bridgehead atoms. The van der Waals surface area contributed by atoms with Crippen LogP contribution in [0.1, 0.15) is 13.8 Å². The average molecular weight is 358 g/mol. The van der Waals surface area contributed by atoms with Crippen LogP contribution in [0.15, 0.2) is 34.9 Å². The Hall–Kier alpha value is -1.41. The minimum absolute atomic E-state index is 0. The predicted molar refractivity (Wildman–Crippen MR) is 84.7 cm³/mol. The quantitative estimate of drug-likeness (QED) is 0.600. The van der Waals surface area contributed by atoms with Gasteiger partial charge in [0.15, 0.2) is 5.71 Å². The lowest BCUT2D eigenvalue weighted by Gasteiger charge is -2.26. The number of allylic oxidation sites excluding steroid dienone is 2. The highest BCUT2D eigenvalue weighted by atomic mass is 35.5. The zero-order chi connectivity index (χ0) is 15.7. The van der Waals surface area contributed by atoms with Gasteiger partial charge in [-0.05, 0) is 19.1 Å². The molecule has 0 aromatic heterocycles. The molecule has 2 aliphatic heterocycles. The van der Waals surface area contributed by atoms with E-state index in [2.05, 4.69) is 10.3 Å². The van der Waals surface area contributed by atoms with Gasteiger partial charge >= 0.3 is 0 Å². The lowest BCUT2D eigenvalue weighted by atomic mass is 10.2. The Labute approximate surface area is 142 Å². The summed E-state index contributed by atoms with van der Waals surface area (Å²) in [5.74, 6) is 0. The van der Waals surface area contributed by atoms with Gasteiger partial charge in [0.2, 0.25) is 15.7 Å². The Bertz CT molecular complexity index is 753. The first kappa shape index (κ1) is 17.9. The second-order valence-electron chi connectivity index (χ2n) is 5.48. The van der Waals surface area contributed by atoms with Gasteiger partial charge in [0, 0.05) is 37.9 Å². The van der Waals surface area contributed by atoms with E-state index in [-0.39, 0.29) is 12.4 Å². The number of hydrogen-bond acceptors (Lipinski definition) is 4. The second kappa shape index (κ2) is 7.00. The summed E-state index contributed by atoms with van der Waals surface area (Å²) in [6, 6.07) is 5.13. The number of benzene rings is 1. The molecule has 0 unspecified atom stereocenters. The van der Waals surface area contributed by atoms with E-state index in [1.165, 1.54) is 4.31 Å². The Balaban J connectivity index is 0.00000192. The number of anilines is 1. The molecule has 126 valence electrons. The number of fused-ring (bicyclic) bond motifs is 1. The summed E-state index contributed by atoms with van der Waals surface area (Å²) >= 11 is 0. The molecule has 0 atom stereocenters. The summed E-state index contributed by atoms with van der Waals surface area (Å²) in [4.78, 5) is 3.56. The zero-order valence-electron chi connectivity index (χ0n) is 13.1. The summed E-state index contributed by atoms with van der Waals surface area (Å²) in [5.41, 5.74) is 3.60. The largest absolute Gasteiger partial charge is 1.00 e. The molecule has 1 fully saturated rings. The van der Waals surface area contributed by atoms with Gasteiger partial charge < -0.3 is 22.5 Å². The molecule has 1 saturated heterocycles. The third-order valence-corrected chi connectivity index (χ3v) is 5.59. The number of morpholine rings is 1. The Morgan fingerprint density at radius 2 is 1.91 bits per heavy atom. The normalized spacial score (nSPS) is 18.7. The lowest BCUT2D eigenvalue weighted by Crippen LogP contribution is -3.00. The van der Waals surface area contributed by atoms with E-state index >= 15 is 0 Å². The van der Waals surface area contributed by atoms with Crippen LogP contribution < -0.4 is 22.7 Å². The fourth-order valence-electron chi connectivity index (χ4n) is 2.65. The van der Waals surface area contributed by atoms with Gasteiger partial charge in [-0.2, -0.15) is 4.31 Å². The molecule has 3 rings (SSSR count). The minimum Gasteiger partial charge on any atom is -1.00 e. The monoisotopic (exact) mass is 357 g/mol. The number of hydrogen-bond donors (Lipinski definition) is 2. The maximum absolute atomic E-state index is 12.7. The van der Waals surface area contributed by atoms with Crippen LogP contribution in [0, 0.1) is 0 Å². The molecule has 2 N–H and O–H groups in total. The van der Waals surface area contributed by atoms with Crippen LogP contribution in [-0.4, -0.2) is 44.7 Å². The Morgan fingerprint density at radius 1 is 1.22 bits per heavy atom. The molecule has 0 amide bonds. The minimum atomic E-state index is -3.48. The highest BCUT2D eigenvalue weighted by Crippen LogP contribution is 2.26. The molecule has 0 spiro atoms. The van der Waals surface area contributed by atoms with Crippen molar-refractivity contribution in [3.05, 3.63) is 30.0 Å². The van der Waals surface area contributed by atoms with Crippen LogP contribution in [0.5, 0.6) is 0 Å². The Kier molecular flexibility index (Phi) is 5.46. The molecule has 1 aromatic carbocycles. The second-order valence-corrected chi connectivity index (χ2v) is 7.42. The van der Waals surface area contributed by atoms with Crippen LogP contribution in [0.4, 0.5) is 11.4 Å². The topological polar surface area (TPSA) is 72.6 Å². The maximum atomic E-state index is 12.7. The highest BCUT2D eigenvalue weighted by Gasteiger charge is 2.27. The van der Waals surface area contributed by atoms with Crippen LogP contribution in [0.2, 0.25) is 0 Å². The van der Waals surface area contributed by atoms with Crippen LogP contribution >= 0.6 is 0 Å². The number of halogens is 1. The van der Waals surface area contributed by atoms with Crippen LogP contribution in [-0.2, 0) is 14.8 Å². The van der Waals surface area contributed by atoms with E-state index in [4.69, 9.17) is 4.74 Å². The van der Waals surface area contributed by atoms with E-state index in [1.54, 1.807) is 18.2 Å². The molecule has 6 nitrogen and oxygen atoms in total. The average Bonchev–Trinajstić information content (AvgIpc) is 2.63. The number of nitrogens with one attached hydrogen (secondary N) is 2. The third-order valence-electron chi connectivity index (χ3n) is 3.70. The number of ether oxygens (including phenoxy) is 1. The first-order valence-corrected chi connectivity index (χ1v) is 8.69. The van der Waals surface area contributed by atoms with Gasteiger partial charge in [0.25, 0.3) is 0 Å². The molecule has 0 radical (unpaired) electrons. The summed E-state index contributed by atoms with van der Waals surface area (Å²) < 4.78 is 32.1. The summed E-state index contributed by atoms with van der Waals surface area (Å²) in [5, 5.41) is 3.24. The van der Waals surface area contributed by atoms with Crippen molar-refractivity contribution in [2.45, 2.75) is 18.7 Å². The first-order valence-electron chi connectivity index (χ1n) is 7.25. The summed E-state index contributed by atoms with van der Waals surface area (Å²) in [6.07, 6.45) is 1.98. The smallest absolute Gasteiger partial charge is 0.243 e. The highest BCUT2D eigenvalue weighted by molar-refractivity contribution is 7.89. The van der Waals surface area contributed by atoms with Crippen molar-refractivity contribution in [2.75, 3.05) is 31.6 Å². The zero-order valence-corrected chi connectivity index (χ0v) is 14.7. The van der Waals surface area contributed by atoms with Gasteiger partial charge in [-0.15, -0.1) is 0 Å². The van der Waals surface area contributed by atoms with E-state index in [0.29, 0.717) is 31.2 Å². The van der Waals surface area contributed by atoms with Crippen molar-refractivity contribution < 1.29 is 30.6 Å². The number of rotatable bonds is 2. The van der Waals surface area contributed by atoms with Gasteiger partial charge in [-0.3, -0.25) is 0 Å². The molecular formula is C15H20ClN3O3S.